The Labute approximate surface area is 289 Å². The largest absolute Gasteiger partial charge is 0.481 e. The minimum atomic E-state index is -1.61. The van der Waals surface area contributed by atoms with Gasteiger partial charge in [-0.2, -0.15) is 0 Å². The molecular weight excluding hydrogens is 624 g/mol. The summed E-state index contributed by atoms with van der Waals surface area (Å²) in [6, 6.07) is 9.71. The molecule has 1 aromatic rings. The van der Waals surface area contributed by atoms with Crippen LogP contribution in [0, 0.1) is 51.2 Å². The lowest BCUT2D eigenvalue weighted by Gasteiger charge is -2.63. The van der Waals surface area contributed by atoms with Crippen molar-refractivity contribution in [3.8, 4) is 0 Å². The molecule has 0 bridgehead atoms. The number of Topliss-reactive ketones (excluding diaryl/α,β-unsaturated/α-hetero) is 3. The highest BCUT2D eigenvalue weighted by atomic mass is 16.4. The summed E-state index contributed by atoms with van der Waals surface area (Å²) < 4.78 is 0. The standard InChI is InChI=1S/C40H54O9/c1-21(17-27(42)33(46)25(36(48)49)18-22(2)41)26-19-30(45)40(7)32-31(28(43)20-39(26,40)6)38(5)16-15-29(44)37(3,4)35(38)24(34(32)47)14-13-23-11-9-8-10-12-23/h8-14,21-22,24-27,30,34-35,41-42,45,47H,15-20H2,1-7H3,(H,48,49)/t21-,22+,24+,25-,26+,27+,30+,34-,35+,38-,39-,40-/m1/s1. The first-order valence-electron chi connectivity index (χ1n) is 17.8. The number of hydrogen-bond donors (Lipinski definition) is 5. The van der Waals surface area contributed by atoms with E-state index in [9.17, 15) is 44.7 Å². The number of carboxylic acid groups (broad SMARTS) is 1. The predicted molar refractivity (Wildman–Crippen MR) is 184 cm³/mol. The third-order valence-corrected chi connectivity index (χ3v) is 13.6. The molecule has 5 N–H and O–H groups in total. The lowest BCUT2D eigenvalue weighted by molar-refractivity contribution is -0.151. The van der Waals surface area contributed by atoms with Gasteiger partial charge in [-0.05, 0) is 66.9 Å². The van der Waals surface area contributed by atoms with Crippen molar-refractivity contribution in [3.05, 3.63) is 53.1 Å². The van der Waals surface area contributed by atoms with Gasteiger partial charge in [-0.1, -0.05) is 84.0 Å². The Kier molecular flexibility index (Phi) is 9.87. The van der Waals surface area contributed by atoms with Gasteiger partial charge in [0, 0.05) is 40.6 Å². The number of carboxylic acids is 1. The molecule has 2 saturated carbocycles. The molecule has 0 heterocycles. The molecule has 268 valence electrons. The zero-order valence-corrected chi connectivity index (χ0v) is 29.8. The molecule has 5 rings (SSSR count). The second kappa shape index (κ2) is 13.0. The van der Waals surface area contributed by atoms with E-state index in [1.807, 2.05) is 77.1 Å². The number of benzene rings is 1. The molecule has 49 heavy (non-hydrogen) atoms. The van der Waals surface area contributed by atoms with Gasteiger partial charge in [-0.3, -0.25) is 19.2 Å². The van der Waals surface area contributed by atoms with Crippen molar-refractivity contribution in [1.29, 1.82) is 0 Å². The van der Waals surface area contributed by atoms with Crippen LogP contribution in [0.15, 0.2) is 47.6 Å². The molecule has 1 aromatic carbocycles. The molecule has 0 radical (unpaired) electrons. The Hall–Kier alpha value is -2.98. The second-order valence-electron chi connectivity index (χ2n) is 16.8. The van der Waals surface area contributed by atoms with Gasteiger partial charge in [0.1, 0.15) is 17.8 Å². The summed E-state index contributed by atoms with van der Waals surface area (Å²) in [4.78, 5) is 53.0. The van der Waals surface area contributed by atoms with E-state index >= 15 is 0 Å². The topological polar surface area (TPSA) is 169 Å². The first-order valence-corrected chi connectivity index (χ1v) is 17.8. The molecule has 12 atom stereocenters. The van der Waals surface area contributed by atoms with E-state index < -0.39 is 75.6 Å². The Morgan fingerprint density at radius 1 is 0.980 bits per heavy atom. The van der Waals surface area contributed by atoms with E-state index in [2.05, 4.69) is 6.92 Å². The molecule has 4 aliphatic rings. The average molecular weight is 679 g/mol. The fourth-order valence-electron chi connectivity index (χ4n) is 11.0. The Bertz CT molecular complexity index is 1560. The average Bonchev–Trinajstić information content (AvgIpc) is 3.23. The molecule has 0 saturated heterocycles. The Morgan fingerprint density at radius 2 is 1.61 bits per heavy atom. The number of allylic oxidation sites excluding steroid dienone is 1. The fourth-order valence-corrected chi connectivity index (χ4v) is 11.0. The van der Waals surface area contributed by atoms with Gasteiger partial charge in [0.25, 0.3) is 0 Å². The maximum atomic E-state index is 14.6. The zero-order chi connectivity index (χ0) is 36.4. The van der Waals surface area contributed by atoms with Crippen LogP contribution in [0.1, 0.15) is 92.6 Å². The minimum Gasteiger partial charge on any atom is -0.481 e. The molecule has 0 aromatic heterocycles. The molecule has 2 fully saturated rings. The van der Waals surface area contributed by atoms with Gasteiger partial charge < -0.3 is 25.5 Å². The lowest BCUT2D eigenvalue weighted by atomic mass is 9.40. The number of carbonyl (C=O) groups is 4. The number of carbonyl (C=O) groups excluding carboxylic acids is 3. The molecule has 9 heteroatoms. The Balaban J connectivity index is 1.58. The molecule has 0 unspecified atom stereocenters. The number of hydrogen-bond acceptors (Lipinski definition) is 8. The quantitative estimate of drug-likeness (QED) is 0.218. The van der Waals surface area contributed by atoms with E-state index in [1.165, 1.54) is 6.92 Å². The number of ketones is 3. The van der Waals surface area contributed by atoms with Gasteiger partial charge in [-0.25, -0.2) is 0 Å². The normalized spacial score (nSPS) is 38.0. The van der Waals surface area contributed by atoms with Crippen LogP contribution in [0.4, 0.5) is 0 Å². The zero-order valence-electron chi connectivity index (χ0n) is 29.8. The van der Waals surface area contributed by atoms with E-state index in [0.29, 0.717) is 24.0 Å². The van der Waals surface area contributed by atoms with Crippen LogP contribution in [0.3, 0.4) is 0 Å². The van der Waals surface area contributed by atoms with Crippen LogP contribution >= 0.6 is 0 Å². The maximum absolute atomic E-state index is 14.6. The number of aliphatic hydroxyl groups is 4. The Morgan fingerprint density at radius 3 is 2.20 bits per heavy atom. The van der Waals surface area contributed by atoms with E-state index in [0.717, 1.165) is 5.56 Å². The fraction of sp³-hybridized carbons (Fsp3) is 0.650. The number of aliphatic hydroxyl groups excluding tert-OH is 4. The molecular formula is C40H54O9. The summed E-state index contributed by atoms with van der Waals surface area (Å²) in [5, 5.41) is 55.0. The van der Waals surface area contributed by atoms with Crippen molar-refractivity contribution in [2.75, 3.05) is 0 Å². The van der Waals surface area contributed by atoms with Crippen molar-refractivity contribution in [2.45, 2.75) is 111 Å². The maximum Gasteiger partial charge on any atom is 0.314 e. The minimum absolute atomic E-state index is 0.0767. The molecule has 0 spiro atoms. The first-order chi connectivity index (χ1) is 22.7. The number of rotatable bonds is 10. The SMILES string of the molecule is C[C@H](O)C[C@@H](C(=O)O)C(=O)[C@@H](O)C[C@@H](C)[C@@H]1C[C@H](O)[C@]2(C)C3=C(C(=O)C[C@]12C)[C@@]1(C)CCC(=O)C(C)(C)[C@@H]1[C@@H](C=Cc1ccccc1)[C@H]3O. The molecule has 0 amide bonds. The first kappa shape index (κ1) is 37.3. The molecule has 4 aliphatic carbocycles. The summed E-state index contributed by atoms with van der Waals surface area (Å²) in [5.41, 5.74) is -1.45. The lowest BCUT2D eigenvalue weighted by Crippen LogP contribution is -2.63. The summed E-state index contributed by atoms with van der Waals surface area (Å²) in [5.74, 6) is -5.50. The van der Waals surface area contributed by atoms with E-state index in [1.54, 1.807) is 0 Å². The highest BCUT2D eigenvalue weighted by Crippen LogP contribution is 2.72. The van der Waals surface area contributed by atoms with Crippen LogP contribution < -0.4 is 0 Å². The number of aliphatic carboxylic acids is 1. The van der Waals surface area contributed by atoms with E-state index in [-0.39, 0.29) is 49.1 Å². The third-order valence-electron chi connectivity index (χ3n) is 13.6. The smallest absolute Gasteiger partial charge is 0.314 e. The predicted octanol–water partition coefficient (Wildman–Crippen LogP) is 4.79. The summed E-state index contributed by atoms with van der Waals surface area (Å²) in [7, 11) is 0. The van der Waals surface area contributed by atoms with Crippen LogP contribution in [0.25, 0.3) is 6.08 Å². The highest BCUT2D eigenvalue weighted by Gasteiger charge is 2.71. The molecule has 9 nitrogen and oxygen atoms in total. The summed E-state index contributed by atoms with van der Waals surface area (Å²) in [6.45, 7) is 13.0. The van der Waals surface area contributed by atoms with Gasteiger partial charge in [0.2, 0.25) is 0 Å². The highest BCUT2D eigenvalue weighted by molar-refractivity contribution is 6.01. The third kappa shape index (κ3) is 5.78. The van der Waals surface area contributed by atoms with Gasteiger partial charge in [-0.15, -0.1) is 0 Å². The van der Waals surface area contributed by atoms with E-state index in [4.69, 9.17) is 0 Å². The monoisotopic (exact) mass is 678 g/mol. The van der Waals surface area contributed by atoms with Gasteiger partial charge in [0.15, 0.2) is 11.6 Å². The van der Waals surface area contributed by atoms with Crippen molar-refractivity contribution in [3.63, 3.8) is 0 Å². The van der Waals surface area contributed by atoms with Gasteiger partial charge in [0.05, 0.1) is 18.3 Å². The number of fused-ring (bicyclic) bond motifs is 4. The molecule has 0 aliphatic heterocycles. The van der Waals surface area contributed by atoms with Crippen LogP contribution in [0.5, 0.6) is 0 Å². The summed E-state index contributed by atoms with van der Waals surface area (Å²) >= 11 is 0. The van der Waals surface area contributed by atoms with Crippen molar-refractivity contribution < 1.29 is 44.7 Å². The summed E-state index contributed by atoms with van der Waals surface area (Å²) in [6.07, 6.45) is -0.101. The second-order valence-corrected chi connectivity index (χ2v) is 16.8. The van der Waals surface area contributed by atoms with Crippen LogP contribution in [0.2, 0.25) is 0 Å². The van der Waals surface area contributed by atoms with Crippen LogP contribution in [-0.4, -0.2) is 73.3 Å². The van der Waals surface area contributed by atoms with Crippen molar-refractivity contribution in [2.24, 2.45) is 51.2 Å². The van der Waals surface area contributed by atoms with Gasteiger partial charge >= 0.3 is 5.97 Å². The van der Waals surface area contributed by atoms with Crippen LogP contribution in [-0.2, 0) is 19.2 Å². The van der Waals surface area contributed by atoms with Crippen molar-refractivity contribution in [1.82, 2.24) is 0 Å². The van der Waals surface area contributed by atoms with Crippen molar-refractivity contribution >= 4 is 29.4 Å².